The highest BCUT2D eigenvalue weighted by Crippen LogP contribution is 2.26. The van der Waals surface area contributed by atoms with Crippen LogP contribution in [0.15, 0.2) is 53.9 Å². The molecule has 0 saturated carbocycles. The van der Waals surface area contributed by atoms with Crippen molar-refractivity contribution in [1.29, 1.82) is 0 Å². The Labute approximate surface area is 192 Å². The topological polar surface area (TPSA) is 80.2 Å². The van der Waals surface area contributed by atoms with E-state index in [1.165, 1.54) is 0 Å². The number of thioether (sulfide) groups is 1. The first-order valence-electron chi connectivity index (χ1n) is 10.7. The van der Waals surface area contributed by atoms with Crippen molar-refractivity contribution < 1.29 is 9.53 Å². The van der Waals surface area contributed by atoms with E-state index in [0.29, 0.717) is 12.1 Å². The van der Waals surface area contributed by atoms with Gasteiger partial charge >= 0.3 is 0 Å². The first-order valence-corrected chi connectivity index (χ1v) is 11.7. The van der Waals surface area contributed by atoms with Gasteiger partial charge in [-0.25, -0.2) is 9.97 Å². The number of hydrogen-bond acceptors (Lipinski definition) is 7. The number of aromatic nitrogens is 3. The number of rotatable bonds is 7. The molecule has 0 unspecified atom stereocenters. The molecule has 0 atom stereocenters. The van der Waals surface area contributed by atoms with E-state index in [-0.39, 0.29) is 5.91 Å². The number of amides is 1. The van der Waals surface area contributed by atoms with E-state index in [2.05, 4.69) is 27.1 Å². The molecule has 3 heterocycles. The number of hydrogen-bond donors (Lipinski definition) is 1. The first-order chi connectivity index (χ1) is 15.6. The minimum atomic E-state index is -0.0892. The second-order valence-corrected chi connectivity index (χ2v) is 8.61. The number of nitrogens with zero attached hydrogens (tertiary/aromatic N) is 4. The molecule has 1 amide bonds. The fourth-order valence-electron chi connectivity index (χ4n) is 3.42. The number of aryl methyl sites for hydroxylation is 1. The van der Waals surface area contributed by atoms with Crippen LogP contribution < -0.4 is 10.2 Å². The van der Waals surface area contributed by atoms with E-state index in [4.69, 9.17) is 9.72 Å². The maximum Gasteiger partial charge on any atom is 0.251 e. The third kappa shape index (κ3) is 5.63. The largest absolute Gasteiger partial charge is 0.378 e. The Hall–Kier alpha value is -2.97. The fraction of sp³-hybridized carbons (Fsp3) is 0.333. The molecule has 0 radical (unpaired) electrons. The van der Waals surface area contributed by atoms with E-state index in [1.54, 1.807) is 24.2 Å². The van der Waals surface area contributed by atoms with Gasteiger partial charge in [0.2, 0.25) is 0 Å². The van der Waals surface area contributed by atoms with Gasteiger partial charge in [0.25, 0.3) is 5.91 Å². The lowest BCUT2D eigenvalue weighted by Crippen LogP contribution is -2.37. The summed E-state index contributed by atoms with van der Waals surface area (Å²) >= 11 is 1.61. The zero-order valence-corrected chi connectivity index (χ0v) is 19.2. The number of morpholine rings is 1. The Bertz CT molecular complexity index is 1050. The zero-order valence-electron chi connectivity index (χ0n) is 18.4. The van der Waals surface area contributed by atoms with Crippen LogP contribution in [0.3, 0.4) is 0 Å². The SMILES string of the molecule is Cc1nc(SCc2ccc(C(=O)NCc3ccncc3)cc2)nc(N2CCOCC2)c1C. The molecule has 1 aliphatic rings. The van der Waals surface area contributed by atoms with Crippen molar-refractivity contribution in [2.45, 2.75) is 31.3 Å². The number of carbonyl (C=O) groups excluding carboxylic acids is 1. The van der Waals surface area contributed by atoms with Crippen molar-refractivity contribution in [3.05, 3.63) is 76.7 Å². The molecule has 1 aliphatic heterocycles. The van der Waals surface area contributed by atoms with Crippen LogP contribution in [0.5, 0.6) is 0 Å². The Kier molecular flexibility index (Phi) is 7.34. The van der Waals surface area contributed by atoms with E-state index < -0.39 is 0 Å². The van der Waals surface area contributed by atoms with E-state index in [0.717, 1.165) is 65.4 Å². The Morgan fingerprint density at radius 3 is 2.47 bits per heavy atom. The summed E-state index contributed by atoms with van der Waals surface area (Å²) in [6, 6.07) is 11.5. The van der Waals surface area contributed by atoms with Crippen molar-refractivity contribution in [2.75, 3.05) is 31.2 Å². The number of carbonyl (C=O) groups is 1. The summed E-state index contributed by atoms with van der Waals surface area (Å²) in [6.45, 7) is 7.75. The van der Waals surface area contributed by atoms with Crippen LogP contribution in [0.25, 0.3) is 0 Å². The summed E-state index contributed by atoms with van der Waals surface area (Å²) in [6.07, 6.45) is 3.44. The van der Waals surface area contributed by atoms with Crippen LogP contribution >= 0.6 is 11.8 Å². The Balaban J connectivity index is 1.36. The lowest BCUT2D eigenvalue weighted by molar-refractivity contribution is 0.0951. The van der Waals surface area contributed by atoms with E-state index >= 15 is 0 Å². The highest BCUT2D eigenvalue weighted by molar-refractivity contribution is 7.98. The molecule has 3 aromatic rings. The molecule has 0 aliphatic carbocycles. The summed E-state index contributed by atoms with van der Waals surface area (Å²) in [5.74, 6) is 1.66. The van der Waals surface area contributed by atoms with Crippen molar-refractivity contribution >= 4 is 23.5 Å². The van der Waals surface area contributed by atoms with Crippen molar-refractivity contribution in [2.24, 2.45) is 0 Å². The van der Waals surface area contributed by atoms with Gasteiger partial charge in [-0.2, -0.15) is 0 Å². The van der Waals surface area contributed by atoms with E-state index in [1.807, 2.05) is 43.3 Å². The second kappa shape index (κ2) is 10.6. The molecule has 8 heteroatoms. The Morgan fingerprint density at radius 2 is 1.75 bits per heavy atom. The summed E-state index contributed by atoms with van der Waals surface area (Å²) in [7, 11) is 0. The Morgan fingerprint density at radius 1 is 1.03 bits per heavy atom. The molecule has 1 saturated heterocycles. The third-order valence-electron chi connectivity index (χ3n) is 5.44. The van der Waals surface area contributed by atoms with Gasteiger partial charge in [-0.15, -0.1) is 0 Å². The number of benzene rings is 1. The van der Waals surface area contributed by atoms with Gasteiger partial charge in [-0.05, 0) is 49.2 Å². The molecule has 166 valence electrons. The van der Waals surface area contributed by atoms with Crippen molar-refractivity contribution in [3.63, 3.8) is 0 Å². The minimum Gasteiger partial charge on any atom is -0.378 e. The minimum absolute atomic E-state index is 0.0892. The zero-order chi connectivity index (χ0) is 22.3. The van der Waals surface area contributed by atoms with Crippen LogP contribution in [-0.4, -0.2) is 47.2 Å². The van der Waals surface area contributed by atoms with Crippen LogP contribution in [0.2, 0.25) is 0 Å². The fourth-order valence-corrected chi connectivity index (χ4v) is 4.26. The number of pyridine rings is 1. The first kappa shape index (κ1) is 22.2. The van der Waals surface area contributed by atoms with Crippen LogP contribution in [0, 0.1) is 13.8 Å². The van der Waals surface area contributed by atoms with Crippen LogP contribution in [0.4, 0.5) is 5.82 Å². The molecule has 1 fully saturated rings. The van der Waals surface area contributed by atoms with Gasteiger partial charge in [0.05, 0.1) is 13.2 Å². The maximum absolute atomic E-state index is 12.4. The normalized spacial score (nSPS) is 13.8. The second-order valence-electron chi connectivity index (χ2n) is 7.66. The van der Waals surface area contributed by atoms with Gasteiger partial charge in [0.1, 0.15) is 5.82 Å². The molecule has 32 heavy (non-hydrogen) atoms. The van der Waals surface area contributed by atoms with Gasteiger partial charge in [-0.1, -0.05) is 23.9 Å². The highest BCUT2D eigenvalue weighted by atomic mass is 32.2. The number of ether oxygens (including phenoxy) is 1. The molecule has 1 N–H and O–H groups in total. The smallest absolute Gasteiger partial charge is 0.251 e. The highest BCUT2D eigenvalue weighted by Gasteiger charge is 2.18. The molecule has 4 rings (SSSR count). The van der Waals surface area contributed by atoms with E-state index in [9.17, 15) is 4.79 Å². The lowest BCUT2D eigenvalue weighted by Gasteiger charge is -2.29. The van der Waals surface area contributed by atoms with Crippen LogP contribution in [0.1, 0.15) is 32.7 Å². The quantitative estimate of drug-likeness (QED) is 0.436. The molecular weight excluding hydrogens is 422 g/mol. The summed E-state index contributed by atoms with van der Waals surface area (Å²) in [4.78, 5) is 28.2. The third-order valence-corrected chi connectivity index (χ3v) is 6.36. The molecule has 7 nitrogen and oxygen atoms in total. The van der Waals surface area contributed by atoms with Gasteiger partial charge < -0.3 is 15.0 Å². The summed E-state index contributed by atoms with van der Waals surface area (Å²) in [5, 5.41) is 3.71. The standard InChI is InChI=1S/C24H27N5O2S/c1-17-18(2)27-24(28-22(17)29-11-13-31-14-12-29)32-16-20-3-5-21(6-4-20)23(30)26-15-19-7-9-25-10-8-19/h3-10H,11-16H2,1-2H3,(H,26,30). The predicted molar refractivity (Wildman–Crippen MR) is 126 cm³/mol. The maximum atomic E-state index is 12.4. The monoisotopic (exact) mass is 449 g/mol. The lowest BCUT2D eigenvalue weighted by atomic mass is 10.1. The van der Waals surface area contributed by atoms with Gasteiger partial charge in [0.15, 0.2) is 5.16 Å². The average molecular weight is 450 g/mol. The number of anilines is 1. The molecule has 2 aromatic heterocycles. The van der Waals surface area contributed by atoms with Crippen molar-refractivity contribution in [3.8, 4) is 0 Å². The average Bonchev–Trinajstić information content (AvgIpc) is 2.84. The summed E-state index contributed by atoms with van der Waals surface area (Å²) in [5.41, 5.74) is 4.91. The molecular formula is C24H27N5O2S. The molecule has 0 bridgehead atoms. The van der Waals surface area contributed by atoms with Gasteiger partial charge in [-0.3, -0.25) is 9.78 Å². The van der Waals surface area contributed by atoms with Crippen LogP contribution in [-0.2, 0) is 17.0 Å². The molecule has 1 aromatic carbocycles. The molecule has 0 spiro atoms. The van der Waals surface area contributed by atoms with Crippen molar-refractivity contribution in [1.82, 2.24) is 20.3 Å². The predicted octanol–water partition coefficient (Wildman–Crippen LogP) is 3.55. The number of nitrogens with one attached hydrogen (secondary N) is 1. The van der Waals surface area contributed by atoms with Gasteiger partial charge in [0, 0.05) is 54.6 Å². The summed E-state index contributed by atoms with van der Waals surface area (Å²) < 4.78 is 5.47.